The van der Waals surface area contributed by atoms with Crippen LogP contribution in [0.5, 0.6) is 5.75 Å². The molecule has 1 N–H and O–H groups in total. The van der Waals surface area contributed by atoms with Crippen molar-refractivity contribution >= 4 is 15.9 Å². The minimum Gasteiger partial charge on any atom is -0.484 e. The number of ether oxygens (including phenoxy) is 1. The van der Waals surface area contributed by atoms with Crippen molar-refractivity contribution in [3.8, 4) is 5.75 Å². The molecular formula is C23H30N2O4S. The van der Waals surface area contributed by atoms with E-state index in [2.05, 4.69) is 29.0 Å². The van der Waals surface area contributed by atoms with Crippen LogP contribution < -0.4 is 9.46 Å². The Kier molecular flexibility index (Phi) is 7.50. The second-order valence-corrected chi connectivity index (χ2v) is 9.76. The van der Waals surface area contributed by atoms with Crippen molar-refractivity contribution < 1.29 is 17.9 Å². The van der Waals surface area contributed by atoms with Gasteiger partial charge in [0.2, 0.25) is 10.0 Å². The Hall–Kier alpha value is -2.38. The first-order valence-electron chi connectivity index (χ1n) is 10.4. The van der Waals surface area contributed by atoms with Gasteiger partial charge in [-0.05, 0) is 68.9 Å². The highest BCUT2D eigenvalue weighted by Gasteiger charge is 2.23. The third-order valence-electron chi connectivity index (χ3n) is 5.22. The van der Waals surface area contributed by atoms with Crippen LogP contribution >= 0.6 is 0 Å². The Balaban J connectivity index is 1.45. The Morgan fingerprint density at radius 3 is 2.30 bits per heavy atom. The number of rotatable bonds is 8. The third-order valence-corrected chi connectivity index (χ3v) is 6.90. The predicted octanol–water partition coefficient (Wildman–Crippen LogP) is 3.23. The van der Waals surface area contributed by atoms with Crippen LogP contribution in [0.3, 0.4) is 0 Å². The van der Waals surface area contributed by atoms with Crippen molar-refractivity contribution in [3.63, 3.8) is 0 Å². The molecule has 0 aliphatic carbocycles. The van der Waals surface area contributed by atoms with Gasteiger partial charge in [-0.25, -0.2) is 13.1 Å². The van der Waals surface area contributed by atoms with Crippen molar-refractivity contribution in [2.75, 3.05) is 19.7 Å². The van der Waals surface area contributed by atoms with Crippen LogP contribution in [0.2, 0.25) is 0 Å². The number of benzene rings is 2. The largest absolute Gasteiger partial charge is 0.484 e. The topological polar surface area (TPSA) is 75.7 Å². The number of hydrogen-bond donors (Lipinski definition) is 1. The van der Waals surface area contributed by atoms with Crippen molar-refractivity contribution in [1.29, 1.82) is 0 Å². The van der Waals surface area contributed by atoms with E-state index in [1.807, 2.05) is 11.0 Å². The highest BCUT2D eigenvalue weighted by atomic mass is 32.2. The van der Waals surface area contributed by atoms with E-state index in [0.29, 0.717) is 11.7 Å². The van der Waals surface area contributed by atoms with Gasteiger partial charge in [-0.1, -0.05) is 30.3 Å². The quantitative estimate of drug-likeness (QED) is 0.698. The monoisotopic (exact) mass is 430 g/mol. The van der Waals surface area contributed by atoms with E-state index < -0.39 is 10.0 Å². The summed E-state index contributed by atoms with van der Waals surface area (Å²) in [6.45, 7) is 4.99. The average molecular weight is 431 g/mol. The molecule has 7 heteroatoms. The average Bonchev–Trinajstić information content (AvgIpc) is 2.73. The molecule has 0 spiro atoms. The molecule has 162 valence electrons. The number of carbonyl (C=O) groups is 1. The summed E-state index contributed by atoms with van der Waals surface area (Å²) in [6, 6.07) is 16.4. The first kappa shape index (κ1) is 22.3. The normalized spacial score (nSPS) is 15.4. The van der Waals surface area contributed by atoms with Crippen LogP contribution in [0, 0.1) is 5.92 Å². The molecule has 0 saturated carbocycles. The maximum atomic E-state index is 12.5. The Morgan fingerprint density at radius 2 is 1.70 bits per heavy atom. The molecule has 2 aromatic rings. The summed E-state index contributed by atoms with van der Waals surface area (Å²) in [5, 5.41) is 0. The number of hydrogen-bond acceptors (Lipinski definition) is 4. The van der Waals surface area contributed by atoms with Gasteiger partial charge in [0.1, 0.15) is 5.75 Å². The van der Waals surface area contributed by atoms with Crippen LogP contribution in [0.1, 0.15) is 32.3 Å². The Labute approximate surface area is 179 Å². The number of nitrogens with zero attached hydrogens (tertiary/aromatic N) is 1. The predicted molar refractivity (Wildman–Crippen MR) is 117 cm³/mol. The Bertz CT molecular complexity index is 919. The molecule has 3 rings (SSSR count). The summed E-state index contributed by atoms with van der Waals surface area (Å²) in [5.74, 6) is 1.04. The van der Waals surface area contributed by atoms with Crippen LogP contribution in [-0.4, -0.2) is 45.0 Å². The minimum atomic E-state index is -3.53. The van der Waals surface area contributed by atoms with Gasteiger partial charge in [0.15, 0.2) is 6.61 Å². The first-order valence-corrected chi connectivity index (χ1v) is 11.9. The Morgan fingerprint density at radius 1 is 1.07 bits per heavy atom. The van der Waals surface area contributed by atoms with Gasteiger partial charge >= 0.3 is 0 Å². The fraction of sp³-hybridized carbons (Fsp3) is 0.435. The summed E-state index contributed by atoms with van der Waals surface area (Å²) in [7, 11) is -3.53. The lowest BCUT2D eigenvalue weighted by Gasteiger charge is -2.32. The molecule has 30 heavy (non-hydrogen) atoms. The molecule has 1 fully saturated rings. The van der Waals surface area contributed by atoms with E-state index in [0.717, 1.165) is 32.4 Å². The second kappa shape index (κ2) is 10.1. The van der Waals surface area contributed by atoms with Crippen molar-refractivity contribution in [3.05, 3.63) is 60.2 Å². The number of amides is 1. The van der Waals surface area contributed by atoms with Crippen molar-refractivity contribution in [2.45, 2.75) is 44.0 Å². The van der Waals surface area contributed by atoms with E-state index in [9.17, 15) is 13.2 Å². The lowest BCUT2D eigenvalue weighted by atomic mass is 9.90. The first-order chi connectivity index (χ1) is 14.3. The lowest BCUT2D eigenvalue weighted by Crippen LogP contribution is -2.41. The molecular weight excluding hydrogens is 400 g/mol. The maximum Gasteiger partial charge on any atom is 0.260 e. The fourth-order valence-corrected chi connectivity index (χ4v) is 4.91. The zero-order valence-electron chi connectivity index (χ0n) is 17.6. The molecule has 1 amide bonds. The number of nitrogens with one attached hydrogen (secondary N) is 1. The van der Waals surface area contributed by atoms with Crippen LogP contribution in [-0.2, 0) is 21.2 Å². The third kappa shape index (κ3) is 6.31. The SMILES string of the molecule is CC(C)NS(=O)(=O)c1ccc(OCC(=O)N2CCC(Cc3ccccc3)CC2)cc1. The smallest absolute Gasteiger partial charge is 0.260 e. The molecule has 0 unspecified atom stereocenters. The van der Waals surface area contributed by atoms with Crippen molar-refractivity contribution in [1.82, 2.24) is 9.62 Å². The molecule has 1 heterocycles. The summed E-state index contributed by atoms with van der Waals surface area (Å²) in [5.41, 5.74) is 1.35. The lowest BCUT2D eigenvalue weighted by molar-refractivity contribution is -0.134. The summed E-state index contributed by atoms with van der Waals surface area (Å²) in [6.07, 6.45) is 3.05. The van der Waals surface area contributed by atoms with Gasteiger partial charge in [0.25, 0.3) is 5.91 Å². The van der Waals surface area contributed by atoms with Crippen LogP contribution in [0.15, 0.2) is 59.5 Å². The zero-order valence-corrected chi connectivity index (χ0v) is 18.4. The molecule has 1 saturated heterocycles. The summed E-state index contributed by atoms with van der Waals surface area (Å²) in [4.78, 5) is 14.5. The van der Waals surface area contributed by atoms with Gasteiger partial charge in [-0.15, -0.1) is 0 Å². The summed E-state index contributed by atoms with van der Waals surface area (Å²) < 4.78 is 32.4. The standard InChI is InChI=1S/C23H30N2O4S/c1-18(2)24-30(27,28)22-10-8-21(9-11-22)29-17-23(26)25-14-12-20(13-15-25)16-19-6-4-3-5-7-19/h3-11,18,20,24H,12-17H2,1-2H3. The van der Waals surface area contributed by atoms with Gasteiger partial charge in [0, 0.05) is 19.1 Å². The minimum absolute atomic E-state index is 0.0358. The second-order valence-electron chi connectivity index (χ2n) is 8.05. The van der Waals surface area contributed by atoms with Gasteiger partial charge in [0.05, 0.1) is 4.90 Å². The van der Waals surface area contributed by atoms with Crippen LogP contribution in [0.4, 0.5) is 0 Å². The number of piperidine rings is 1. The molecule has 0 aromatic heterocycles. The molecule has 0 radical (unpaired) electrons. The van der Waals surface area contributed by atoms with Gasteiger partial charge < -0.3 is 9.64 Å². The highest BCUT2D eigenvalue weighted by molar-refractivity contribution is 7.89. The van der Waals surface area contributed by atoms with Gasteiger partial charge in [-0.3, -0.25) is 4.79 Å². The molecule has 6 nitrogen and oxygen atoms in total. The molecule has 0 atom stereocenters. The molecule has 0 bridgehead atoms. The molecule has 1 aliphatic heterocycles. The fourth-order valence-electron chi connectivity index (χ4n) is 3.66. The van der Waals surface area contributed by atoms with E-state index in [1.54, 1.807) is 26.0 Å². The molecule has 2 aromatic carbocycles. The highest BCUT2D eigenvalue weighted by Crippen LogP contribution is 2.22. The number of carbonyl (C=O) groups excluding carboxylic acids is 1. The van der Waals surface area contributed by atoms with E-state index in [1.165, 1.54) is 17.7 Å². The van der Waals surface area contributed by atoms with E-state index >= 15 is 0 Å². The summed E-state index contributed by atoms with van der Waals surface area (Å²) >= 11 is 0. The van der Waals surface area contributed by atoms with Crippen LogP contribution in [0.25, 0.3) is 0 Å². The number of sulfonamides is 1. The molecule has 1 aliphatic rings. The van der Waals surface area contributed by atoms with E-state index in [4.69, 9.17) is 4.74 Å². The number of likely N-dealkylation sites (tertiary alicyclic amines) is 1. The zero-order chi connectivity index (χ0) is 21.6. The van der Waals surface area contributed by atoms with Crippen molar-refractivity contribution in [2.24, 2.45) is 5.92 Å². The van der Waals surface area contributed by atoms with E-state index in [-0.39, 0.29) is 23.5 Å². The maximum absolute atomic E-state index is 12.5. The van der Waals surface area contributed by atoms with Gasteiger partial charge in [-0.2, -0.15) is 0 Å².